The highest BCUT2D eigenvalue weighted by Gasteiger charge is 2.16. The molecule has 2 N–H and O–H groups in total. The summed E-state index contributed by atoms with van der Waals surface area (Å²) in [6, 6.07) is 3.06. The van der Waals surface area contributed by atoms with Gasteiger partial charge in [-0.1, -0.05) is 11.6 Å². The van der Waals surface area contributed by atoms with E-state index in [2.05, 4.69) is 25.7 Å². The summed E-state index contributed by atoms with van der Waals surface area (Å²) in [6.07, 6.45) is 0. The predicted molar refractivity (Wildman–Crippen MR) is 72.5 cm³/mol. The zero-order valence-corrected chi connectivity index (χ0v) is 11.9. The smallest absolute Gasteiger partial charge is 0.340 e. The van der Waals surface area contributed by atoms with Gasteiger partial charge in [-0.3, -0.25) is 0 Å². The average Bonchev–Trinajstić information content (AvgIpc) is 2.30. The summed E-state index contributed by atoms with van der Waals surface area (Å²) in [5.74, 6) is -0.287. The molecule has 0 aromatic heterocycles. The number of aliphatic imine (C=N–C) groups is 1. The van der Waals surface area contributed by atoms with Crippen LogP contribution in [0.4, 0.5) is 5.69 Å². The molecule has 0 bridgehead atoms. The van der Waals surface area contributed by atoms with Gasteiger partial charge in [0.2, 0.25) is 0 Å². The Morgan fingerprint density at radius 1 is 1.59 bits per heavy atom. The van der Waals surface area contributed by atoms with E-state index in [1.54, 1.807) is 6.07 Å². The van der Waals surface area contributed by atoms with Crippen LogP contribution < -0.4 is 5.73 Å². The van der Waals surface area contributed by atoms with Crippen molar-refractivity contribution in [3.8, 4) is 0 Å². The van der Waals surface area contributed by atoms with Crippen LogP contribution in [0.15, 0.2) is 21.6 Å². The lowest BCUT2D eigenvalue weighted by Gasteiger charge is -2.07. The lowest BCUT2D eigenvalue weighted by Crippen LogP contribution is -2.13. The molecule has 0 heterocycles. The van der Waals surface area contributed by atoms with Crippen LogP contribution in [0, 0.1) is 0 Å². The minimum atomic E-state index is -0.547. The number of hydrogen-bond donors (Lipinski definition) is 1. The van der Waals surface area contributed by atoms with Gasteiger partial charge in [0.05, 0.1) is 24.2 Å². The second kappa shape index (κ2) is 6.23. The number of carbonyl (C=O) groups excluding carboxylic acids is 1. The molecular formula is C10H9BrCl2N2O2. The largest absolute Gasteiger partial charge is 0.465 e. The molecule has 0 aliphatic rings. The van der Waals surface area contributed by atoms with Gasteiger partial charge in [0.15, 0.2) is 0 Å². The molecule has 1 aromatic rings. The Labute approximate surface area is 117 Å². The molecule has 0 unspecified atom stereocenters. The van der Waals surface area contributed by atoms with Crippen LogP contribution in [0.5, 0.6) is 0 Å². The van der Waals surface area contributed by atoms with Crippen LogP contribution in [0.3, 0.4) is 0 Å². The van der Waals surface area contributed by atoms with Gasteiger partial charge in [-0.15, -0.1) is 11.6 Å². The highest BCUT2D eigenvalue weighted by molar-refractivity contribution is 9.10. The summed E-state index contributed by atoms with van der Waals surface area (Å²) in [5, 5.41) is 0.390. The number of methoxy groups -OCH3 is 1. The monoisotopic (exact) mass is 338 g/mol. The van der Waals surface area contributed by atoms with Crippen molar-refractivity contribution in [2.45, 2.75) is 0 Å². The molecule has 17 heavy (non-hydrogen) atoms. The number of esters is 1. The third-order valence-corrected chi connectivity index (χ3v) is 2.92. The highest BCUT2D eigenvalue weighted by atomic mass is 79.9. The number of alkyl halides is 1. The molecule has 1 rings (SSSR count). The Balaban J connectivity index is 3.40. The van der Waals surface area contributed by atoms with Crippen molar-refractivity contribution < 1.29 is 9.53 Å². The first-order chi connectivity index (χ1) is 7.99. The Kier molecular flexibility index (Phi) is 5.24. The first-order valence-electron chi connectivity index (χ1n) is 4.46. The standard InChI is InChI=1S/C10H9BrCl2N2O2/c1-17-10(16)6-2-5(13)3-7(11)9(6)15-8(14)4-12/h2-3H,4H2,1H3,(H2,14,15). The normalized spacial score (nSPS) is 11.4. The molecule has 0 amide bonds. The van der Waals surface area contributed by atoms with Crippen LogP contribution in [-0.2, 0) is 4.74 Å². The van der Waals surface area contributed by atoms with Gasteiger partial charge in [0.25, 0.3) is 0 Å². The molecule has 0 saturated carbocycles. The van der Waals surface area contributed by atoms with E-state index in [4.69, 9.17) is 28.9 Å². The molecule has 0 aliphatic heterocycles. The summed E-state index contributed by atoms with van der Waals surface area (Å²) in [6.45, 7) is 0. The number of halogens is 3. The highest BCUT2D eigenvalue weighted by Crippen LogP contribution is 2.33. The summed E-state index contributed by atoms with van der Waals surface area (Å²) in [5.41, 5.74) is 6.10. The molecule has 7 heteroatoms. The molecule has 0 fully saturated rings. The maximum absolute atomic E-state index is 11.6. The SMILES string of the molecule is COC(=O)c1cc(Cl)cc(Br)c1N=C(N)CCl. The molecular weight excluding hydrogens is 331 g/mol. The number of nitrogens with zero attached hydrogens (tertiary/aromatic N) is 1. The Bertz CT molecular complexity index is 478. The van der Waals surface area contributed by atoms with Crippen molar-refractivity contribution in [1.82, 2.24) is 0 Å². The number of rotatable bonds is 3. The van der Waals surface area contributed by atoms with Gasteiger partial charge in [-0.2, -0.15) is 0 Å². The maximum atomic E-state index is 11.6. The molecule has 0 radical (unpaired) electrons. The number of carbonyl (C=O) groups is 1. The summed E-state index contributed by atoms with van der Waals surface area (Å²) < 4.78 is 5.18. The topological polar surface area (TPSA) is 64.7 Å². The van der Waals surface area contributed by atoms with E-state index in [1.165, 1.54) is 13.2 Å². The van der Waals surface area contributed by atoms with Gasteiger partial charge < -0.3 is 10.5 Å². The van der Waals surface area contributed by atoms with Crippen LogP contribution in [0.25, 0.3) is 0 Å². The van der Waals surface area contributed by atoms with Crippen molar-refractivity contribution in [3.63, 3.8) is 0 Å². The van der Waals surface area contributed by atoms with E-state index in [0.717, 1.165) is 0 Å². The minimum Gasteiger partial charge on any atom is -0.465 e. The van der Waals surface area contributed by atoms with E-state index in [0.29, 0.717) is 15.2 Å². The molecule has 0 spiro atoms. The molecule has 0 saturated heterocycles. The van der Waals surface area contributed by atoms with Gasteiger partial charge in [-0.05, 0) is 28.1 Å². The molecule has 1 aromatic carbocycles. The number of hydrogen-bond acceptors (Lipinski definition) is 3. The van der Waals surface area contributed by atoms with Gasteiger partial charge in [0.1, 0.15) is 5.84 Å². The first kappa shape index (κ1) is 14.3. The third-order valence-electron chi connectivity index (χ3n) is 1.83. The molecule has 92 valence electrons. The van der Waals surface area contributed by atoms with Crippen molar-refractivity contribution in [3.05, 3.63) is 27.2 Å². The quantitative estimate of drug-likeness (QED) is 0.398. The number of ether oxygens (including phenoxy) is 1. The minimum absolute atomic E-state index is 0.0652. The number of amidine groups is 1. The van der Waals surface area contributed by atoms with Gasteiger partial charge in [-0.25, -0.2) is 9.79 Å². The Morgan fingerprint density at radius 3 is 2.76 bits per heavy atom. The van der Waals surface area contributed by atoms with Crippen molar-refractivity contribution >= 4 is 56.6 Å². The van der Waals surface area contributed by atoms with Crippen LogP contribution >= 0.6 is 39.1 Å². The zero-order valence-electron chi connectivity index (χ0n) is 8.84. The lowest BCUT2D eigenvalue weighted by atomic mass is 10.2. The zero-order chi connectivity index (χ0) is 13.0. The fourth-order valence-electron chi connectivity index (χ4n) is 1.12. The number of nitrogens with two attached hydrogens (primary N) is 1. The fraction of sp³-hybridized carbons (Fsp3) is 0.200. The number of benzene rings is 1. The predicted octanol–water partition coefficient (Wildman–Crippen LogP) is 3.12. The Hall–Kier alpha value is -0.780. The van der Waals surface area contributed by atoms with Gasteiger partial charge >= 0.3 is 5.97 Å². The van der Waals surface area contributed by atoms with Crippen molar-refractivity contribution in [1.29, 1.82) is 0 Å². The van der Waals surface area contributed by atoms with Crippen molar-refractivity contribution in [2.75, 3.05) is 13.0 Å². The van der Waals surface area contributed by atoms with Crippen LogP contribution in [0.2, 0.25) is 5.02 Å². The van der Waals surface area contributed by atoms with E-state index in [-0.39, 0.29) is 17.3 Å². The van der Waals surface area contributed by atoms with E-state index < -0.39 is 5.97 Å². The second-order valence-electron chi connectivity index (χ2n) is 3.01. The van der Waals surface area contributed by atoms with Gasteiger partial charge in [0, 0.05) is 9.50 Å². The van der Waals surface area contributed by atoms with Crippen molar-refractivity contribution in [2.24, 2.45) is 10.7 Å². The molecule has 0 atom stereocenters. The molecule has 4 nitrogen and oxygen atoms in total. The summed E-state index contributed by atoms with van der Waals surface area (Å²) >= 11 is 14.6. The first-order valence-corrected chi connectivity index (χ1v) is 6.16. The van der Waals surface area contributed by atoms with E-state index in [9.17, 15) is 4.79 Å². The van der Waals surface area contributed by atoms with Crippen LogP contribution in [0.1, 0.15) is 10.4 Å². The maximum Gasteiger partial charge on any atom is 0.340 e. The van der Waals surface area contributed by atoms with Crippen LogP contribution in [-0.4, -0.2) is 24.8 Å². The fourth-order valence-corrected chi connectivity index (χ4v) is 2.08. The molecule has 0 aliphatic carbocycles. The summed E-state index contributed by atoms with van der Waals surface area (Å²) in [7, 11) is 1.27. The summed E-state index contributed by atoms with van der Waals surface area (Å²) in [4.78, 5) is 15.6. The van der Waals surface area contributed by atoms with E-state index >= 15 is 0 Å². The average molecular weight is 340 g/mol. The lowest BCUT2D eigenvalue weighted by molar-refractivity contribution is 0.0601. The second-order valence-corrected chi connectivity index (χ2v) is 4.57. The third kappa shape index (κ3) is 3.59. The van der Waals surface area contributed by atoms with E-state index in [1.807, 2.05) is 0 Å². The Morgan fingerprint density at radius 2 is 2.24 bits per heavy atom.